The van der Waals surface area contributed by atoms with Gasteiger partial charge in [-0.05, 0) is 72.2 Å². The highest BCUT2D eigenvalue weighted by atomic mass is 127. The van der Waals surface area contributed by atoms with Crippen molar-refractivity contribution in [2.24, 2.45) is 0 Å². The Morgan fingerprint density at radius 2 is 1.96 bits per heavy atom. The lowest BCUT2D eigenvalue weighted by Crippen LogP contribution is -2.43. The number of carbonyl (C=O) groups excluding carboxylic acids is 1. The fraction of sp³-hybridized carbons (Fsp3) is 0.286. The number of rotatable bonds is 6. The molecule has 0 amide bonds. The van der Waals surface area contributed by atoms with Crippen LogP contribution in [0.3, 0.4) is 0 Å². The first kappa shape index (κ1) is 19.5. The van der Waals surface area contributed by atoms with Crippen LogP contribution in [0.4, 0.5) is 0 Å². The zero-order valence-corrected chi connectivity index (χ0v) is 18.1. The van der Waals surface area contributed by atoms with E-state index in [9.17, 15) is 4.79 Å². The first-order valence-electron chi connectivity index (χ1n) is 9.08. The lowest BCUT2D eigenvalue weighted by molar-refractivity contribution is -0.170. The third-order valence-corrected chi connectivity index (χ3v) is 5.42. The van der Waals surface area contributed by atoms with Gasteiger partial charge in [-0.3, -0.25) is 0 Å². The smallest absolute Gasteiger partial charge is 0.349 e. The normalized spacial score (nSPS) is 16.0. The van der Waals surface area contributed by atoms with Crippen molar-refractivity contribution in [1.29, 1.82) is 0 Å². The van der Waals surface area contributed by atoms with Crippen LogP contribution in [0.2, 0.25) is 5.28 Å². The van der Waals surface area contributed by atoms with Gasteiger partial charge in [0.2, 0.25) is 10.9 Å². The summed E-state index contributed by atoms with van der Waals surface area (Å²) in [6, 6.07) is 15.1. The molecular weight excluding hydrogens is 491 g/mol. The van der Waals surface area contributed by atoms with Crippen LogP contribution in [0.5, 0.6) is 0 Å². The van der Waals surface area contributed by atoms with E-state index in [4.69, 9.17) is 21.1 Å². The summed E-state index contributed by atoms with van der Waals surface area (Å²) in [6.07, 6.45) is 1.75. The van der Waals surface area contributed by atoms with Crippen molar-refractivity contribution in [3.8, 4) is 0 Å². The summed E-state index contributed by atoms with van der Waals surface area (Å²) >= 11 is 8.48. The maximum absolute atomic E-state index is 13.4. The maximum atomic E-state index is 13.4. The maximum Gasteiger partial charge on any atom is 0.349 e. The Kier molecular flexibility index (Phi) is 5.53. The van der Waals surface area contributed by atoms with Crippen molar-refractivity contribution >= 4 is 51.1 Å². The quantitative estimate of drug-likeness (QED) is 0.270. The number of carbonyl (C=O) groups is 1. The molecule has 1 aromatic heterocycles. The molecule has 28 heavy (non-hydrogen) atoms. The Hall–Kier alpha value is -1.77. The van der Waals surface area contributed by atoms with E-state index in [1.165, 1.54) is 0 Å². The molecule has 1 aliphatic rings. The van der Waals surface area contributed by atoms with Gasteiger partial charge < -0.3 is 9.47 Å². The highest BCUT2D eigenvalue weighted by Gasteiger charge is 2.51. The lowest BCUT2D eigenvalue weighted by Gasteiger charge is -2.32. The summed E-state index contributed by atoms with van der Waals surface area (Å²) in [5.41, 5.74) is 0.223. The van der Waals surface area contributed by atoms with Gasteiger partial charge in [0.05, 0.1) is 18.2 Å². The second-order valence-corrected chi connectivity index (χ2v) is 8.17. The summed E-state index contributed by atoms with van der Waals surface area (Å²) in [5, 5.41) is 0.779. The molecule has 0 saturated heterocycles. The van der Waals surface area contributed by atoms with Crippen LogP contribution in [-0.4, -0.2) is 28.6 Å². The molecule has 1 saturated carbocycles. The fourth-order valence-corrected chi connectivity index (χ4v) is 3.87. The molecule has 5 nitrogen and oxygen atoms in total. The molecule has 3 aromatic rings. The number of benzene rings is 2. The summed E-state index contributed by atoms with van der Waals surface area (Å²) in [6.45, 7) is 2.01. The predicted octanol–water partition coefficient (Wildman–Crippen LogP) is 4.87. The van der Waals surface area contributed by atoms with Gasteiger partial charge in [0, 0.05) is 14.5 Å². The van der Waals surface area contributed by atoms with E-state index in [0.717, 1.165) is 16.4 Å². The van der Waals surface area contributed by atoms with Crippen molar-refractivity contribution in [1.82, 2.24) is 9.97 Å². The van der Waals surface area contributed by atoms with Crippen LogP contribution in [-0.2, 0) is 19.9 Å². The van der Waals surface area contributed by atoms with Crippen LogP contribution in [0.25, 0.3) is 10.9 Å². The van der Waals surface area contributed by atoms with Crippen molar-refractivity contribution < 1.29 is 14.3 Å². The van der Waals surface area contributed by atoms with Gasteiger partial charge in [-0.1, -0.05) is 30.3 Å². The Morgan fingerprint density at radius 1 is 1.21 bits per heavy atom. The van der Waals surface area contributed by atoms with Gasteiger partial charge >= 0.3 is 5.97 Å². The van der Waals surface area contributed by atoms with Gasteiger partial charge in [-0.2, -0.15) is 0 Å². The molecule has 144 valence electrons. The van der Waals surface area contributed by atoms with E-state index >= 15 is 0 Å². The van der Waals surface area contributed by atoms with E-state index in [0.29, 0.717) is 22.2 Å². The van der Waals surface area contributed by atoms with Gasteiger partial charge in [0.15, 0.2) is 0 Å². The average molecular weight is 509 g/mol. The highest BCUT2D eigenvalue weighted by Crippen LogP contribution is 2.43. The number of hydrogen-bond donors (Lipinski definition) is 0. The summed E-state index contributed by atoms with van der Waals surface area (Å²) in [7, 11) is 0. The number of aromatic nitrogens is 2. The minimum Gasteiger partial charge on any atom is -0.463 e. The second-order valence-electron chi connectivity index (χ2n) is 6.59. The monoisotopic (exact) mass is 508 g/mol. The van der Waals surface area contributed by atoms with E-state index in [2.05, 4.69) is 32.6 Å². The number of ether oxygens (including phenoxy) is 2. The van der Waals surface area contributed by atoms with Crippen LogP contribution < -0.4 is 0 Å². The standard InChI is InChI=1S/C21H18ClIN2O3/c1-2-27-19(26)21(28-15-9-10-15,13-6-4-3-5-7-13)18-16-12-14(23)8-11-17(16)24-20(22)25-18/h3-8,11-12,15H,2,9-10H2,1H3/t21-/m0/s1. The first-order chi connectivity index (χ1) is 13.5. The van der Waals surface area contributed by atoms with Crippen molar-refractivity contribution in [2.45, 2.75) is 31.5 Å². The average Bonchev–Trinajstić information content (AvgIpc) is 3.51. The second kappa shape index (κ2) is 7.93. The molecule has 0 aliphatic heterocycles. The molecule has 4 rings (SSSR count). The van der Waals surface area contributed by atoms with Gasteiger partial charge in [0.25, 0.3) is 0 Å². The fourth-order valence-electron chi connectivity index (χ4n) is 3.21. The largest absolute Gasteiger partial charge is 0.463 e. The van der Waals surface area contributed by atoms with Gasteiger partial charge in [0.1, 0.15) is 5.69 Å². The summed E-state index contributed by atoms with van der Waals surface area (Å²) in [5.74, 6) is -0.497. The van der Waals surface area contributed by atoms with E-state index < -0.39 is 11.6 Å². The van der Waals surface area contributed by atoms with E-state index in [-0.39, 0.29) is 18.0 Å². The lowest BCUT2D eigenvalue weighted by atomic mass is 9.87. The van der Waals surface area contributed by atoms with Gasteiger partial charge in [-0.25, -0.2) is 14.8 Å². The number of halogens is 2. The highest BCUT2D eigenvalue weighted by molar-refractivity contribution is 14.1. The number of esters is 1. The number of hydrogen-bond acceptors (Lipinski definition) is 5. The molecule has 7 heteroatoms. The Balaban J connectivity index is 2.06. The molecule has 0 spiro atoms. The van der Waals surface area contributed by atoms with Crippen LogP contribution >= 0.6 is 34.2 Å². The topological polar surface area (TPSA) is 61.3 Å². The van der Waals surface area contributed by atoms with Crippen LogP contribution in [0.1, 0.15) is 31.0 Å². The third kappa shape index (κ3) is 3.60. The Labute approximate surface area is 181 Å². The molecule has 2 aromatic carbocycles. The van der Waals surface area contributed by atoms with Gasteiger partial charge in [-0.15, -0.1) is 0 Å². The zero-order chi connectivity index (χ0) is 19.7. The Morgan fingerprint density at radius 3 is 2.64 bits per heavy atom. The van der Waals surface area contributed by atoms with Crippen LogP contribution in [0.15, 0.2) is 48.5 Å². The number of nitrogens with zero attached hydrogens (tertiary/aromatic N) is 2. The van der Waals surface area contributed by atoms with Crippen LogP contribution in [0, 0.1) is 3.57 Å². The zero-order valence-electron chi connectivity index (χ0n) is 15.2. The molecule has 0 unspecified atom stereocenters. The third-order valence-electron chi connectivity index (χ3n) is 4.57. The molecule has 1 fully saturated rings. The predicted molar refractivity (Wildman–Crippen MR) is 115 cm³/mol. The van der Waals surface area contributed by atoms with E-state index in [1.54, 1.807) is 6.92 Å². The van der Waals surface area contributed by atoms with E-state index in [1.807, 2.05) is 48.5 Å². The molecule has 0 N–H and O–H groups in total. The minimum absolute atomic E-state index is 0.0313. The number of fused-ring (bicyclic) bond motifs is 1. The molecule has 1 heterocycles. The molecular formula is C21H18ClIN2O3. The SMILES string of the molecule is CCOC(=O)[C@](OC1CC1)(c1ccccc1)c1nc(Cl)nc2ccc(I)cc12. The molecule has 1 atom stereocenters. The summed E-state index contributed by atoms with van der Waals surface area (Å²) < 4.78 is 12.9. The van der Waals surface area contributed by atoms with Crippen molar-refractivity contribution in [2.75, 3.05) is 6.61 Å². The van der Waals surface area contributed by atoms with Crippen molar-refractivity contribution in [3.63, 3.8) is 0 Å². The first-order valence-corrected chi connectivity index (χ1v) is 10.5. The molecule has 1 aliphatic carbocycles. The molecule has 0 radical (unpaired) electrons. The van der Waals surface area contributed by atoms with Crippen molar-refractivity contribution in [3.05, 3.63) is 68.6 Å². The summed E-state index contributed by atoms with van der Waals surface area (Å²) in [4.78, 5) is 22.2. The Bertz CT molecular complexity index is 1030. The molecule has 0 bridgehead atoms. The minimum atomic E-state index is -1.51.